The molecule has 2 rings (SSSR count). The molecule has 0 aliphatic heterocycles. The molecule has 0 unspecified atom stereocenters. The van der Waals surface area contributed by atoms with Gasteiger partial charge in [0.05, 0.1) is 11.5 Å². The molecule has 0 spiro atoms. The Bertz CT molecular complexity index is 707. The smallest absolute Gasteiger partial charge is 0.232 e. The van der Waals surface area contributed by atoms with E-state index in [9.17, 15) is 4.79 Å². The van der Waals surface area contributed by atoms with Crippen molar-refractivity contribution < 1.29 is 4.79 Å². The fraction of sp³-hybridized carbons (Fsp3) is 0.375. The Labute approximate surface area is 145 Å². The molecule has 1 aromatic carbocycles. The molecule has 8 heteroatoms. The van der Waals surface area contributed by atoms with E-state index in [4.69, 9.17) is 5.73 Å². The van der Waals surface area contributed by atoms with Crippen molar-refractivity contribution in [3.8, 4) is 0 Å². The summed E-state index contributed by atoms with van der Waals surface area (Å²) in [6, 6.07) is 7.98. The Kier molecular flexibility index (Phi) is 6.36. The summed E-state index contributed by atoms with van der Waals surface area (Å²) < 4.78 is 0. The normalized spacial score (nSPS) is 10.7. The second-order valence-corrected chi connectivity index (χ2v) is 6.57. The minimum absolute atomic E-state index is 0.00436. The second kappa shape index (κ2) is 8.49. The monoisotopic (exact) mass is 346 g/mol. The largest absolute Gasteiger partial charge is 0.368 e. The van der Waals surface area contributed by atoms with E-state index in [1.807, 2.05) is 45.0 Å². The van der Waals surface area contributed by atoms with Gasteiger partial charge in [-0.15, -0.1) is 11.8 Å². The number of nitrogens with one attached hydrogen (secondary N) is 2. The number of aromatic nitrogens is 3. The zero-order valence-electron chi connectivity index (χ0n) is 14.0. The molecular formula is C16H22N6OS. The SMILES string of the molecule is Cc1ccccc1Nc1nc(N)nc(CSCC(=O)NC(C)C)n1. The van der Waals surface area contributed by atoms with Gasteiger partial charge in [0.15, 0.2) is 0 Å². The molecular weight excluding hydrogens is 324 g/mol. The molecule has 0 fully saturated rings. The molecule has 1 aromatic heterocycles. The molecule has 7 nitrogen and oxygen atoms in total. The summed E-state index contributed by atoms with van der Waals surface area (Å²) in [7, 11) is 0. The lowest BCUT2D eigenvalue weighted by Crippen LogP contribution is -2.31. The minimum Gasteiger partial charge on any atom is -0.368 e. The molecule has 0 aliphatic rings. The molecule has 24 heavy (non-hydrogen) atoms. The lowest BCUT2D eigenvalue weighted by molar-refractivity contribution is -0.119. The van der Waals surface area contributed by atoms with Gasteiger partial charge >= 0.3 is 0 Å². The molecule has 0 saturated carbocycles. The first-order valence-electron chi connectivity index (χ1n) is 7.64. The summed E-state index contributed by atoms with van der Waals surface area (Å²) in [5.74, 6) is 1.93. The van der Waals surface area contributed by atoms with Crippen LogP contribution in [-0.2, 0) is 10.5 Å². The summed E-state index contributed by atoms with van der Waals surface area (Å²) in [6.45, 7) is 5.86. The van der Waals surface area contributed by atoms with Gasteiger partial charge < -0.3 is 16.4 Å². The molecule has 4 N–H and O–H groups in total. The number of carbonyl (C=O) groups is 1. The van der Waals surface area contributed by atoms with E-state index in [1.54, 1.807) is 0 Å². The van der Waals surface area contributed by atoms with Gasteiger partial charge in [-0.3, -0.25) is 4.79 Å². The number of anilines is 3. The van der Waals surface area contributed by atoms with Crippen molar-refractivity contribution in [3.05, 3.63) is 35.7 Å². The van der Waals surface area contributed by atoms with E-state index in [-0.39, 0.29) is 17.9 Å². The Morgan fingerprint density at radius 1 is 1.25 bits per heavy atom. The highest BCUT2D eigenvalue weighted by Gasteiger charge is 2.08. The van der Waals surface area contributed by atoms with Crippen molar-refractivity contribution in [2.24, 2.45) is 0 Å². The van der Waals surface area contributed by atoms with Gasteiger partial charge in [-0.2, -0.15) is 15.0 Å². The minimum atomic E-state index is -0.00436. The topological polar surface area (TPSA) is 106 Å². The second-order valence-electron chi connectivity index (χ2n) is 5.59. The number of nitrogen functional groups attached to an aromatic ring is 1. The van der Waals surface area contributed by atoms with Crippen LogP contribution in [0.2, 0.25) is 0 Å². The molecule has 128 valence electrons. The van der Waals surface area contributed by atoms with Crippen LogP contribution in [0.3, 0.4) is 0 Å². The zero-order valence-corrected chi connectivity index (χ0v) is 14.9. The third-order valence-electron chi connectivity index (χ3n) is 3.00. The predicted molar refractivity (Wildman–Crippen MR) is 98.1 cm³/mol. The highest BCUT2D eigenvalue weighted by Crippen LogP contribution is 2.18. The van der Waals surface area contributed by atoms with Crippen LogP contribution in [0.1, 0.15) is 25.2 Å². The molecule has 0 bridgehead atoms. The van der Waals surface area contributed by atoms with E-state index in [0.717, 1.165) is 11.3 Å². The quantitative estimate of drug-likeness (QED) is 0.706. The number of benzene rings is 1. The number of para-hydroxylation sites is 1. The van der Waals surface area contributed by atoms with Gasteiger partial charge in [0, 0.05) is 11.7 Å². The zero-order chi connectivity index (χ0) is 17.5. The lowest BCUT2D eigenvalue weighted by Gasteiger charge is -2.10. The maximum absolute atomic E-state index is 11.6. The van der Waals surface area contributed by atoms with Crippen LogP contribution in [0.5, 0.6) is 0 Å². The number of rotatable bonds is 7. The van der Waals surface area contributed by atoms with Gasteiger partial charge in [0.25, 0.3) is 0 Å². The molecule has 0 atom stereocenters. The highest BCUT2D eigenvalue weighted by atomic mass is 32.2. The highest BCUT2D eigenvalue weighted by molar-refractivity contribution is 7.99. The molecule has 0 radical (unpaired) electrons. The first-order chi connectivity index (χ1) is 11.4. The van der Waals surface area contributed by atoms with E-state index in [1.165, 1.54) is 11.8 Å². The summed E-state index contributed by atoms with van der Waals surface area (Å²) >= 11 is 1.44. The van der Waals surface area contributed by atoms with Gasteiger partial charge in [-0.25, -0.2) is 0 Å². The van der Waals surface area contributed by atoms with Crippen LogP contribution in [0.25, 0.3) is 0 Å². The van der Waals surface area contributed by atoms with E-state index >= 15 is 0 Å². The summed E-state index contributed by atoms with van der Waals surface area (Å²) in [6.07, 6.45) is 0. The van der Waals surface area contributed by atoms with Crippen molar-refractivity contribution in [2.45, 2.75) is 32.6 Å². The molecule has 0 aliphatic carbocycles. The van der Waals surface area contributed by atoms with Gasteiger partial charge in [0.2, 0.25) is 17.8 Å². The number of carbonyl (C=O) groups excluding carboxylic acids is 1. The standard InChI is InChI=1S/C16H22N6OS/c1-10(2)18-14(23)9-24-8-13-20-15(17)22-16(21-13)19-12-7-5-4-6-11(12)3/h4-7,10H,8-9H2,1-3H3,(H,18,23)(H3,17,19,20,21,22). The van der Waals surface area contributed by atoms with Crippen LogP contribution >= 0.6 is 11.8 Å². The molecule has 2 aromatic rings. The van der Waals surface area contributed by atoms with Crippen LogP contribution in [-0.4, -0.2) is 32.7 Å². The van der Waals surface area contributed by atoms with Crippen molar-refractivity contribution in [2.75, 3.05) is 16.8 Å². The molecule has 1 heterocycles. The average molecular weight is 346 g/mol. The number of hydrogen-bond donors (Lipinski definition) is 3. The van der Waals surface area contributed by atoms with Crippen molar-refractivity contribution >= 4 is 35.3 Å². The number of thioether (sulfide) groups is 1. The van der Waals surface area contributed by atoms with Crippen LogP contribution in [0, 0.1) is 6.92 Å². The Morgan fingerprint density at radius 3 is 2.71 bits per heavy atom. The van der Waals surface area contributed by atoms with Crippen LogP contribution in [0.15, 0.2) is 24.3 Å². The summed E-state index contributed by atoms with van der Waals surface area (Å²) in [4.78, 5) is 24.2. The Hall–Kier alpha value is -2.35. The van der Waals surface area contributed by atoms with Crippen molar-refractivity contribution in [1.82, 2.24) is 20.3 Å². The third kappa shape index (κ3) is 5.69. The van der Waals surface area contributed by atoms with Crippen LogP contribution in [0.4, 0.5) is 17.6 Å². The van der Waals surface area contributed by atoms with E-state index < -0.39 is 0 Å². The summed E-state index contributed by atoms with van der Waals surface area (Å²) in [5, 5.41) is 5.99. The van der Waals surface area contributed by atoms with E-state index in [2.05, 4.69) is 25.6 Å². The Morgan fingerprint density at radius 2 is 2.00 bits per heavy atom. The lowest BCUT2D eigenvalue weighted by atomic mass is 10.2. The average Bonchev–Trinajstić information content (AvgIpc) is 2.48. The van der Waals surface area contributed by atoms with Crippen molar-refractivity contribution in [3.63, 3.8) is 0 Å². The number of nitrogens with two attached hydrogens (primary N) is 1. The van der Waals surface area contributed by atoms with Gasteiger partial charge in [-0.1, -0.05) is 18.2 Å². The van der Waals surface area contributed by atoms with Gasteiger partial charge in [0.1, 0.15) is 5.82 Å². The molecule has 0 saturated heterocycles. The summed E-state index contributed by atoms with van der Waals surface area (Å²) in [5.41, 5.74) is 7.75. The number of nitrogens with zero attached hydrogens (tertiary/aromatic N) is 3. The third-order valence-corrected chi connectivity index (χ3v) is 3.93. The fourth-order valence-corrected chi connectivity index (χ4v) is 2.67. The first-order valence-corrected chi connectivity index (χ1v) is 8.79. The number of amides is 1. The number of hydrogen-bond acceptors (Lipinski definition) is 7. The van der Waals surface area contributed by atoms with Crippen molar-refractivity contribution in [1.29, 1.82) is 0 Å². The maximum atomic E-state index is 11.6. The molecule has 1 amide bonds. The Balaban J connectivity index is 1.98. The van der Waals surface area contributed by atoms with Gasteiger partial charge in [-0.05, 0) is 32.4 Å². The number of aryl methyl sites for hydroxylation is 1. The van der Waals surface area contributed by atoms with E-state index in [0.29, 0.717) is 23.3 Å². The first kappa shape index (κ1) is 18.0. The predicted octanol–water partition coefficient (Wildman–Crippen LogP) is 2.26. The fourth-order valence-electron chi connectivity index (χ4n) is 1.99. The maximum Gasteiger partial charge on any atom is 0.232 e. The van der Waals surface area contributed by atoms with Crippen LogP contribution < -0.4 is 16.4 Å².